The lowest BCUT2D eigenvalue weighted by Crippen LogP contribution is -2.13. The van der Waals surface area contributed by atoms with Crippen LogP contribution >= 0.6 is 0 Å². The van der Waals surface area contributed by atoms with Crippen molar-refractivity contribution in [3.8, 4) is 22.8 Å². The molecule has 0 aliphatic heterocycles. The van der Waals surface area contributed by atoms with E-state index in [-0.39, 0.29) is 11.4 Å². The molecule has 1 N–H and O–H groups in total. The van der Waals surface area contributed by atoms with Crippen LogP contribution in [0.3, 0.4) is 0 Å². The lowest BCUT2D eigenvalue weighted by molar-refractivity contribution is 0.413. The van der Waals surface area contributed by atoms with Crippen molar-refractivity contribution in [2.45, 2.75) is 0 Å². The molecule has 23 heavy (non-hydrogen) atoms. The Morgan fingerprint density at radius 2 is 2.04 bits per heavy atom. The highest BCUT2D eigenvalue weighted by atomic mass is 32.2. The molecule has 0 spiro atoms. The van der Waals surface area contributed by atoms with Gasteiger partial charge in [0.15, 0.2) is 0 Å². The Hall–Kier alpha value is -2.81. The van der Waals surface area contributed by atoms with Crippen LogP contribution in [0.2, 0.25) is 0 Å². The number of hydrogen-bond acceptors (Lipinski definition) is 6. The number of fused-ring (bicyclic) bond motifs is 1. The normalized spacial score (nSPS) is 11.6. The SMILES string of the molecule is COc1cc(OS(C)(=O)=O)ccc1-c1cn2c(=O)[nH]ccc2n1. The molecule has 0 unspecified atom stereocenters. The van der Waals surface area contributed by atoms with Crippen molar-refractivity contribution in [2.75, 3.05) is 13.4 Å². The van der Waals surface area contributed by atoms with Crippen LogP contribution in [0.15, 0.2) is 41.5 Å². The number of nitrogens with one attached hydrogen (secondary N) is 1. The van der Waals surface area contributed by atoms with E-state index in [1.165, 1.54) is 29.8 Å². The van der Waals surface area contributed by atoms with E-state index in [1.54, 1.807) is 18.3 Å². The van der Waals surface area contributed by atoms with Gasteiger partial charge in [0, 0.05) is 24.0 Å². The second-order valence-corrected chi connectivity index (χ2v) is 6.36. The summed E-state index contributed by atoms with van der Waals surface area (Å²) < 4.78 is 33.9. The number of rotatable bonds is 4. The topological polar surface area (TPSA) is 103 Å². The summed E-state index contributed by atoms with van der Waals surface area (Å²) in [6, 6.07) is 6.23. The molecule has 8 nitrogen and oxygen atoms in total. The number of hydrogen-bond donors (Lipinski definition) is 1. The van der Waals surface area contributed by atoms with Gasteiger partial charge in [-0.05, 0) is 18.2 Å². The first-order chi connectivity index (χ1) is 10.9. The minimum absolute atomic E-state index is 0.134. The Morgan fingerprint density at radius 3 is 2.70 bits per heavy atom. The third kappa shape index (κ3) is 3.04. The van der Waals surface area contributed by atoms with E-state index in [9.17, 15) is 13.2 Å². The highest BCUT2D eigenvalue weighted by Gasteiger charge is 2.14. The highest BCUT2D eigenvalue weighted by molar-refractivity contribution is 7.86. The average molecular weight is 335 g/mol. The van der Waals surface area contributed by atoms with E-state index in [0.717, 1.165) is 6.26 Å². The summed E-state index contributed by atoms with van der Waals surface area (Å²) in [5.74, 6) is 0.515. The largest absolute Gasteiger partial charge is 0.496 e. The number of aromatic nitrogens is 3. The van der Waals surface area contributed by atoms with Gasteiger partial charge in [-0.2, -0.15) is 8.42 Å². The Labute approximate surface area is 131 Å². The van der Waals surface area contributed by atoms with Gasteiger partial charge >= 0.3 is 15.8 Å². The third-order valence-electron chi connectivity index (χ3n) is 3.09. The van der Waals surface area contributed by atoms with Gasteiger partial charge in [-0.15, -0.1) is 0 Å². The number of H-pyrrole nitrogens is 1. The maximum Gasteiger partial charge on any atom is 0.331 e. The first-order valence-corrected chi connectivity index (χ1v) is 8.34. The van der Waals surface area contributed by atoms with Crippen LogP contribution in [-0.2, 0) is 10.1 Å². The Morgan fingerprint density at radius 1 is 1.26 bits per heavy atom. The monoisotopic (exact) mass is 335 g/mol. The molecule has 0 bridgehead atoms. The molecule has 3 rings (SSSR count). The summed E-state index contributed by atoms with van der Waals surface area (Å²) >= 11 is 0. The van der Waals surface area contributed by atoms with Gasteiger partial charge in [-0.3, -0.25) is 4.40 Å². The molecule has 1 aromatic carbocycles. The second kappa shape index (κ2) is 5.43. The molecule has 0 saturated heterocycles. The van der Waals surface area contributed by atoms with Crippen LogP contribution in [0.5, 0.6) is 11.5 Å². The molecule has 0 aliphatic rings. The van der Waals surface area contributed by atoms with Crippen molar-refractivity contribution in [1.82, 2.24) is 14.4 Å². The molecule has 0 radical (unpaired) electrons. The molecule has 2 aromatic heterocycles. The fourth-order valence-electron chi connectivity index (χ4n) is 2.17. The molecule has 0 fully saturated rings. The first-order valence-electron chi connectivity index (χ1n) is 6.52. The minimum atomic E-state index is -3.63. The summed E-state index contributed by atoms with van der Waals surface area (Å²) in [5.41, 5.74) is 1.31. The van der Waals surface area contributed by atoms with E-state index >= 15 is 0 Å². The molecular formula is C14H13N3O5S. The number of imidazole rings is 1. The van der Waals surface area contributed by atoms with E-state index in [2.05, 4.69) is 9.97 Å². The quantitative estimate of drug-likeness (QED) is 0.715. The molecule has 9 heteroatoms. The molecule has 120 valence electrons. The van der Waals surface area contributed by atoms with Crippen molar-refractivity contribution < 1.29 is 17.3 Å². The van der Waals surface area contributed by atoms with E-state index in [0.29, 0.717) is 22.7 Å². The molecular weight excluding hydrogens is 322 g/mol. The van der Waals surface area contributed by atoms with Gasteiger partial charge in [0.05, 0.1) is 19.1 Å². The maximum absolute atomic E-state index is 11.7. The number of nitrogens with zero attached hydrogens (tertiary/aromatic N) is 2. The number of ether oxygens (including phenoxy) is 1. The summed E-state index contributed by atoms with van der Waals surface area (Å²) in [5, 5.41) is 0. The zero-order valence-corrected chi connectivity index (χ0v) is 13.1. The molecule has 2 heterocycles. The fraction of sp³-hybridized carbons (Fsp3) is 0.143. The molecule has 0 atom stereocenters. The van der Waals surface area contributed by atoms with Gasteiger partial charge < -0.3 is 13.9 Å². The van der Waals surface area contributed by atoms with Crippen molar-refractivity contribution in [2.24, 2.45) is 0 Å². The van der Waals surface area contributed by atoms with Crippen LogP contribution < -0.4 is 14.6 Å². The van der Waals surface area contributed by atoms with Crippen LogP contribution in [0.25, 0.3) is 16.9 Å². The van der Waals surface area contributed by atoms with Gasteiger partial charge in [-0.25, -0.2) is 9.78 Å². The van der Waals surface area contributed by atoms with Crippen LogP contribution in [0.1, 0.15) is 0 Å². The zero-order valence-electron chi connectivity index (χ0n) is 12.3. The lowest BCUT2D eigenvalue weighted by Gasteiger charge is -2.09. The van der Waals surface area contributed by atoms with E-state index < -0.39 is 10.1 Å². The van der Waals surface area contributed by atoms with E-state index in [1.807, 2.05) is 0 Å². The zero-order chi connectivity index (χ0) is 16.6. The van der Waals surface area contributed by atoms with Crippen LogP contribution in [0.4, 0.5) is 0 Å². The first kappa shape index (κ1) is 15.1. The second-order valence-electron chi connectivity index (χ2n) is 4.79. The van der Waals surface area contributed by atoms with E-state index in [4.69, 9.17) is 8.92 Å². The average Bonchev–Trinajstić information content (AvgIpc) is 2.90. The Balaban J connectivity index is 2.11. The van der Waals surface area contributed by atoms with Crippen LogP contribution in [-0.4, -0.2) is 36.2 Å². The summed E-state index contributed by atoms with van der Waals surface area (Å²) in [4.78, 5) is 18.7. The number of benzene rings is 1. The van der Waals surface area contributed by atoms with Gasteiger partial charge in [0.1, 0.15) is 17.1 Å². The number of aromatic amines is 1. The van der Waals surface area contributed by atoms with Gasteiger partial charge in [0.25, 0.3) is 0 Å². The summed E-state index contributed by atoms with van der Waals surface area (Å²) in [6.07, 6.45) is 4.04. The van der Waals surface area contributed by atoms with Crippen molar-refractivity contribution in [3.63, 3.8) is 0 Å². The van der Waals surface area contributed by atoms with Gasteiger partial charge in [0.2, 0.25) is 0 Å². The molecule has 0 amide bonds. The van der Waals surface area contributed by atoms with Crippen molar-refractivity contribution in [3.05, 3.63) is 47.1 Å². The molecule has 0 saturated carbocycles. The Bertz CT molecular complexity index is 1040. The standard InChI is InChI=1S/C14H13N3O5S/c1-21-12-7-9(22-23(2,19)20)3-4-10(12)11-8-17-13(16-11)5-6-15-14(17)18/h3-8H,1-2H3,(H,15,18). The fourth-order valence-corrected chi connectivity index (χ4v) is 2.62. The smallest absolute Gasteiger partial charge is 0.331 e. The third-order valence-corrected chi connectivity index (χ3v) is 3.58. The Kier molecular flexibility index (Phi) is 3.57. The number of methoxy groups -OCH3 is 1. The summed E-state index contributed by atoms with van der Waals surface area (Å²) in [6.45, 7) is 0. The minimum Gasteiger partial charge on any atom is -0.496 e. The van der Waals surface area contributed by atoms with Crippen molar-refractivity contribution in [1.29, 1.82) is 0 Å². The maximum atomic E-state index is 11.7. The van der Waals surface area contributed by atoms with Crippen molar-refractivity contribution >= 4 is 15.8 Å². The molecule has 3 aromatic rings. The summed E-state index contributed by atoms with van der Waals surface area (Å²) in [7, 11) is -2.18. The van der Waals surface area contributed by atoms with Crippen LogP contribution in [0, 0.1) is 0 Å². The molecule has 0 aliphatic carbocycles. The predicted molar refractivity (Wildman–Crippen MR) is 83.3 cm³/mol. The van der Waals surface area contributed by atoms with Gasteiger partial charge in [-0.1, -0.05) is 0 Å². The highest BCUT2D eigenvalue weighted by Crippen LogP contribution is 2.33. The lowest BCUT2D eigenvalue weighted by atomic mass is 10.1. The predicted octanol–water partition coefficient (Wildman–Crippen LogP) is 1.04.